The maximum absolute atomic E-state index is 12.2. The van der Waals surface area contributed by atoms with Gasteiger partial charge in [0.15, 0.2) is 5.78 Å². The minimum absolute atomic E-state index is 0.105. The summed E-state index contributed by atoms with van der Waals surface area (Å²) < 4.78 is 0. The fourth-order valence-corrected chi connectivity index (χ4v) is 2.00. The van der Waals surface area contributed by atoms with Crippen LogP contribution in [0.5, 0.6) is 0 Å². The minimum atomic E-state index is -1.36. The molecule has 1 aliphatic rings. The van der Waals surface area contributed by atoms with Crippen LogP contribution < -0.4 is 0 Å². The van der Waals surface area contributed by atoms with Gasteiger partial charge in [0.2, 0.25) is 0 Å². The summed E-state index contributed by atoms with van der Waals surface area (Å²) in [6, 6.07) is 8.65. The van der Waals surface area contributed by atoms with Crippen molar-refractivity contribution in [1.82, 2.24) is 0 Å². The van der Waals surface area contributed by atoms with Crippen LogP contribution in [0.1, 0.15) is 17.3 Å². The van der Waals surface area contributed by atoms with Crippen LogP contribution in [-0.2, 0) is 0 Å². The van der Waals surface area contributed by atoms with E-state index in [0.717, 1.165) is 0 Å². The van der Waals surface area contributed by atoms with Crippen LogP contribution in [-0.4, -0.2) is 21.6 Å². The first-order valence-electron chi connectivity index (χ1n) is 5.42. The van der Waals surface area contributed by atoms with Crippen LogP contribution in [0.2, 0.25) is 0 Å². The highest BCUT2D eigenvalue weighted by Crippen LogP contribution is 2.31. The van der Waals surface area contributed by atoms with Crippen molar-refractivity contribution in [2.45, 2.75) is 12.5 Å². The van der Waals surface area contributed by atoms with E-state index >= 15 is 0 Å². The Labute approximate surface area is 99.7 Å². The molecule has 0 fully saturated rings. The number of carbonyl (C=O) groups is 1. The van der Waals surface area contributed by atoms with Crippen molar-refractivity contribution in [3.05, 3.63) is 59.9 Å². The first kappa shape index (κ1) is 11.6. The van der Waals surface area contributed by atoms with Crippen LogP contribution >= 0.6 is 0 Å². The van der Waals surface area contributed by atoms with Gasteiger partial charge < -0.3 is 10.2 Å². The Morgan fingerprint density at radius 3 is 2.53 bits per heavy atom. The molecule has 0 radical (unpaired) electrons. The van der Waals surface area contributed by atoms with Gasteiger partial charge in [-0.2, -0.15) is 0 Å². The molecule has 2 N–H and O–H groups in total. The van der Waals surface area contributed by atoms with Crippen molar-refractivity contribution < 1.29 is 15.0 Å². The zero-order chi connectivity index (χ0) is 12.5. The first-order valence-corrected chi connectivity index (χ1v) is 5.42. The van der Waals surface area contributed by atoms with Crippen LogP contribution in [0.3, 0.4) is 0 Å². The predicted octanol–water partition coefficient (Wildman–Crippen LogP) is 2.25. The Hall–Kier alpha value is -1.87. The molecule has 0 aromatic heterocycles. The summed E-state index contributed by atoms with van der Waals surface area (Å²) in [4.78, 5) is 12.2. The van der Waals surface area contributed by atoms with Crippen LogP contribution in [0, 0.1) is 5.92 Å². The maximum Gasteiger partial charge on any atom is 0.176 e. The molecule has 0 spiro atoms. The zero-order valence-electron chi connectivity index (χ0n) is 9.50. The first-order chi connectivity index (χ1) is 8.02. The second-order valence-corrected chi connectivity index (χ2v) is 4.34. The highest BCUT2D eigenvalue weighted by atomic mass is 16.3. The Morgan fingerprint density at radius 1 is 1.29 bits per heavy atom. The smallest absolute Gasteiger partial charge is 0.176 e. The monoisotopic (exact) mass is 230 g/mol. The molecule has 1 aromatic rings. The van der Waals surface area contributed by atoms with Crippen LogP contribution in [0.25, 0.3) is 0 Å². The fraction of sp³-hybridized carbons (Fsp3) is 0.214. The van der Waals surface area contributed by atoms with Gasteiger partial charge in [-0.05, 0) is 13.0 Å². The maximum atomic E-state index is 12.2. The molecular weight excluding hydrogens is 216 g/mol. The number of aliphatic hydroxyl groups excluding tert-OH is 1. The fourth-order valence-electron chi connectivity index (χ4n) is 2.00. The lowest BCUT2D eigenvalue weighted by atomic mass is 9.79. The largest absolute Gasteiger partial charge is 0.511 e. The molecule has 0 aliphatic heterocycles. The third kappa shape index (κ3) is 2.15. The second-order valence-electron chi connectivity index (χ2n) is 4.34. The molecular formula is C14H14O3. The third-order valence-corrected chi connectivity index (χ3v) is 2.90. The van der Waals surface area contributed by atoms with E-state index in [0.29, 0.717) is 5.56 Å². The molecule has 0 amide bonds. The quantitative estimate of drug-likeness (QED) is 0.766. The normalized spacial score (nSPS) is 27.6. The number of rotatable bonds is 2. The highest BCUT2D eigenvalue weighted by molar-refractivity contribution is 6.00. The third-order valence-electron chi connectivity index (χ3n) is 2.90. The average Bonchev–Trinajstić information content (AvgIpc) is 2.28. The van der Waals surface area contributed by atoms with E-state index in [2.05, 4.69) is 0 Å². The van der Waals surface area contributed by atoms with Crippen molar-refractivity contribution in [1.29, 1.82) is 0 Å². The molecule has 0 bridgehead atoms. The molecule has 1 aromatic carbocycles. The summed E-state index contributed by atoms with van der Waals surface area (Å²) in [7, 11) is 0. The molecule has 0 saturated carbocycles. The van der Waals surface area contributed by atoms with E-state index < -0.39 is 11.5 Å². The molecule has 0 heterocycles. The lowest BCUT2D eigenvalue weighted by Crippen LogP contribution is -2.40. The summed E-state index contributed by atoms with van der Waals surface area (Å²) in [5.41, 5.74) is -0.876. The standard InChI is InChI=1S/C14H14O3/c1-14(17)9-5-8-11(15)12(14)13(16)10-6-3-2-4-7-10/h2-9,12,15,17H,1H3/t12-,14-/m1/s1. The number of benzene rings is 1. The Bertz CT molecular complexity index is 483. The summed E-state index contributed by atoms with van der Waals surface area (Å²) in [5.74, 6) is -1.32. The van der Waals surface area contributed by atoms with Gasteiger partial charge in [0, 0.05) is 5.56 Å². The van der Waals surface area contributed by atoms with E-state index in [4.69, 9.17) is 0 Å². The van der Waals surface area contributed by atoms with Crippen LogP contribution in [0.15, 0.2) is 54.3 Å². The number of allylic oxidation sites excluding steroid dienone is 2. The van der Waals surface area contributed by atoms with E-state index in [-0.39, 0.29) is 11.5 Å². The summed E-state index contributed by atoms with van der Waals surface area (Å²) in [5, 5.41) is 19.9. The van der Waals surface area contributed by atoms with Gasteiger partial charge in [-0.1, -0.05) is 42.5 Å². The molecule has 0 unspecified atom stereocenters. The second kappa shape index (κ2) is 4.18. The number of hydrogen-bond donors (Lipinski definition) is 2. The average molecular weight is 230 g/mol. The van der Waals surface area contributed by atoms with E-state index in [1.165, 1.54) is 19.1 Å². The number of carbonyl (C=O) groups excluding carboxylic acids is 1. The molecule has 3 heteroatoms. The van der Waals surface area contributed by atoms with Gasteiger partial charge in [0.05, 0.1) is 5.60 Å². The summed E-state index contributed by atoms with van der Waals surface area (Å²) in [6.45, 7) is 1.51. The van der Waals surface area contributed by atoms with Gasteiger partial charge in [-0.25, -0.2) is 0 Å². The van der Waals surface area contributed by atoms with Gasteiger partial charge in [-0.3, -0.25) is 4.79 Å². The molecule has 2 rings (SSSR count). The molecule has 1 aliphatic carbocycles. The zero-order valence-corrected chi connectivity index (χ0v) is 9.50. The lowest BCUT2D eigenvalue weighted by Gasteiger charge is -2.30. The minimum Gasteiger partial charge on any atom is -0.511 e. The number of hydrogen-bond acceptors (Lipinski definition) is 3. The van der Waals surface area contributed by atoms with Crippen molar-refractivity contribution in [3.63, 3.8) is 0 Å². The Balaban J connectivity index is 2.37. The van der Waals surface area contributed by atoms with E-state index in [9.17, 15) is 15.0 Å². The Morgan fingerprint density at radius 2 is 1.94 bits per heavy atom. The molecule has 88 valence electrons. The number of aliphatic hydroxyl groups is 2. The molecule has 3 nitrogen and oxygen atoms in total. The number of ketones is 1. The summed E-state index contributed by atoms with van der Waals surface area (Å²) >= 11 is 0. The van der Waals surface area contributed by atoms with Crippen molar-refractivity contribution in [2.24, 2.45) is 5.92 Å². The van der Waals surface area contributed by atoms with Crippen molar-refractivity contribution in [3.8, 4) is 0 Å². The van der Waals surface area contributed by atoms with Crippen LogP contribution in [0.4, 0.5) is 0 Å². The van der Waals surface area contributed by atoms with Gasteiger partial charge >= 0.3 is 0 Å². The van der Waals surface area contributed by atoms with Gasteiger partial charge in [0.25, 0.3) is 0 Å². The number of Topliss-reactive ketones (excluding diaryl/α,β-unsaturated/α-hetero) is 1. The topological polar surface area (TPSA) is 57.5 Å². The van der Waals surface area contributed by atoms with Gasteiger partial charge in [0.1, 0.15) is 11.7 Å². The van der Waals surface area contributed by atoms with E-state index in [1.54, 1.807) is 30.3 Å². The van der Waals surface area contributed by atoms with E-state index in [1.807, 2.05) is 6.07 Å². The SMILES string of the molecule is C[C@@]1(O)C=CC=C(O)[C@@H]1C(=O)c1ccccc1. The van der Waals surface area contributed by atoms with Gasteiger partial charge in [-0.15, -0.1) is 0 Å². The molecule has 0 saturated heterocycles. The van der Waals surface area contributed by atoms with Crippen molar-refractivity contribution >= 4 is 5.78 Å². The predicted molar refractivity (Wildman–Crippen MR) is 64.7 cm³/mol. The lowest BCUT2D eigenvalue weighted by molar-refractivity contribution is 0.0366. The highest BCUT2D eigenvalue weighted by Gasteiger charge is 2.40. The molecule has 17 heavy (non-hydrogen) atoms. The van der Waals surface area contributed by atoms with Crippen molar-refractivity contribution in [2.75, 3.05) is 0 Å². The Kier molecular flexibility index (Phi) is 2.86. The molecule has 2 atom stereocenters. The summed E-state index contributed by atoms with van der Waals surface area (Å²) in [6.07, 6.45) is 4.49.